The Morgan fingerprint density at radius 2 is 2.12 bits per heavy atom. The molecule has 0 aromatic carbocycles. The van der Waals surface area contributed by atoms with Gasteiger partial charge in [0.05, 0.1) is 18.3 Å². The molecular formula is C18H29IN4OS. The molecule has 2 aliphatic carbocycles. The van der Waals surface area contributed by atoms with Gasteiger partial charge in [0.25, 0.3) is 0 Å². The quantitative estimate of drug-likeness (QED) is 0.399. The molecule has 2 saturated carbocycles. The van der Waals surface area contributed by atoms with Crippen LogP contribution in [0.1, 0.15) is 47.7 Å². The predicted molar refractivity (Wildman–Crippen MR) is 113 cm³/mol. The van der Waals surface area contributed by atoms with Gasteiger partial charge < -0.3 is 15.4 Å². The van der Waals surface area contributed by atoms with Gasteiger partial charge in [0, 0.05) is 35.9 Å². The molecule has 1 aliphatic heterocycles. The first-order chi connectivity index (χ1) is 11.6. The number of hydrogen-bond donors (Lipinski definition) is 2. The number of ether oxygens (including phenoxy) is 1. The largest absolute Gasteiger partial charge is 0.377 e. The second-order valence-corrected chi connectivity index (χ2v) is 8.77. The van der Waals surface area contributed by atoms with Crippen LogP contribution in [0.15, 0.2) is 4.99 Å². The summed E-state index contributed by atoms with van der Waals surface area (Å²) in [4.78, 5) is 10.4. The summed E-state index contributed by atoms with van der Waals surface area (Å²) in [7, 11) is 1.86. The molecule has 0 radical (unpaired) electrons. The minimum Gasteiger partial charge on any atom is -0.377 e. The van der Waals surface area contributed by atoms with Crippen LogP contribution in [0.25, 0.3) is 0 Å². The predicted octanol–water partition coefficient (Wildman–Crippen LogP) is 3.39. The monoisotopic (exact) mass is 476 g/mol. The van der Waals surface area contributed by atoms with Gasteiger partial charge in [-0.3, -0.25) is 4.99 Å². The number of guanidine groups is 1. The van der Waals surface area contributed by atoms with Gasteiger partial charge in [-0.05, 0) is 33.1 Å². The summed E-state index contributed by atoms with van der Waals surface area (Å²) in [5, 5.41) is 8.32. The van der Waals surface area contributed by atoms with Crippen molar-refractivity contribution in [1.82, 2.24) is 15.6 Å². The van der Waals surface area contributed by atoms with Crippen LogP contribution < -0.4 is 10.6 Å². The summed E-state index contributed by atoms with van der Waals surface area (Å²) in [5.74, 6) is 1.56. The summed E-state index contributed by atoms with van der Waals surface area (Å²) in [6.45, 7) is 5.87. The average molecular weight is 476 g/mol. The fourth-order valence-electron chi connectivity index (χ4n) is 5.02. The van der Waals surface area contributed by atoms with Crippen molar-refractivity contribution in [2.75, 3.05) is 13.7 Å². The Hall–Kier alpha value is -0.410. The first-order valence-electron chi connectivity index (χ1n) is 9.16. The number of nitrogens with one attached hydrogen (secondary N) is 2. The number of aliphatic imine (C=N–C) groups is 1. The number of rotatable bonds is 3. The SMILES string of the molecule is CN=C(NCc1nc(C)c(C)s1)NC1C2CCOC2C12CCCC2.I. The van der Waals surface area contributed by atoms with Gasteiger partial charge >= 0.3 is 0 Å². The van der Waals surface area contributed by atoms with Crippen molar-refractivity contribution in [2.24, 2.45) is 16.3 Å². The molecule has 140 valence electrons. The van der Waals surface area contributed by atoms with Crippen LogP contribution >= 0.6 is 35.3 Å². The van der Waals surface area contributed by atoms with E-state index in [-0.39, 0.29) is 24.0 Å². The molecule has 1 aromatic rings. The lowest BCUT2D eigenvalue weighted by Crippen LogP contribution is -2.69. The summed E-state index contributed by atoms with van der Waals surface area (Å²) < 4.78 is 6.07. The van der Waals surface area contributed by atoms with Crippen molar-refractivity contribution in [3.05, 3.63) is 15.6 Å². The van der Waals surface area contributed by atoms with Crippen LogP contribution in [-0.2, 0) is 11.3 Å². The number of halogens is 1. The Bertz CT molecular complexity index is 622. The Morgan fingerprint density at radius 3 is 2.76 bits per heavy atom. The lowest BCUT2D eigenvalue weighted by Gasteiger charge is -2.57. The highest BCUT2D eigenvalue weighted by atomic mass is 127. The number of aryl methyl sites for hydroxylation is 2. The van der Waals surface area contributed by atoms with Crippen LogP contribution in [0.4, 0.5) is 0 Å². The topological polar surface area (TPSA) is 58.5 Å². The third-order valence-electron chi connectivity index (χ3n) is 6.28. The summed E-state index contributed by atoms with van der Waals surface area (Å²) in [6, 6.07) is 0.512. The molecule has 3 atom stereocenters. The third-order valence-corrected chi connectivity index (χ3v) is 7.35. The fourth-order valence-corrected chi connectivity index (χ4v) is 5.89. The Morgan fingerprint density at radius 1 is 1.36 bits per heavy atom. The first kappa shape index (κ1) is 19.4. The fraction of sp³-hybridized carbons (Fsp3) is 0.778. The molecular weight excluding hydrogens is 447 g/mol. The van der Waals surface area contributed by atoms with E-state index in [0.717, 1.165) is 29.8 Å². The van der Waals surface area contributed by atoms with E-state index >= 15 is 0 Å². The van der Waals surface area contributed by atoms with E-state index in [1.54, 1.807) is 11.3 Å². The van der Waals surface area contributed by atoms with Crippen molar-refractivity contribution in [2.45, 2.75) is 64.6 Å². The van der Waals surface area contributed by atoms with E-state index < -0.39 is 0 Å². The van der Waals surface area contributed by atoms with Crippen molar-refractivity contribution in [3.8, 4) is 0 Å². The number of fused-ring (bicyclic) bond motifs is 2. The second kappa shape index (κ2) is 7.68. The molecule has 3 unspecified atom stereocenters. The zero-order chi connectivity index (χ0) is 16.7. The second-order valence-electron chi connectivity index (χ2n) is 7.48. The van der Waals surface area contributed by atoms with Crippen LogP contribution in [0.5, 0.6) is 0 Å². The van der Waals surface area contributed by atoms with Crippen molar-refractivity contribution >= 4 is 41.3 Å². The van der Waals surface area contributed by atoms with E-state index in [1.807, 2.05) is 7.05 Å². The maximum atomic E-state index is 6.07. The van der Waals surface area contributed by atoms with Gasteiger partial charge in [-0.2, -0.15) is 0 Å². The lowest BCUT2D eigenvalue weighted by atomic mass is 9.54. The highest BCUT2D eigenvalue weighted by Gasteiger charge is 2.65. The smallest absolute Gasteiger partial charge is 0.191 e. The Labute approximate surface area is 171 Å². The number of aromatic nitrogens is 1. The third kappa shape index (κ3) is 3.32. The number of nitrogens with zero attached hydrogens (tertiary/aromatic N) is 2. The van der Waals surface area contributed by atoms with E-state index in [1.165, 1.54) is 37.0 Å². The minimum absolute atomic E-state index is 0. The van der Waals surface area contributed by atoms with E-state index in [2.05, 4.69) is 34.5 Å². The maximum Gasteiger partial charge on any atom is 0.191 e. The highest BCUT2D eigenvalue weighted by Crippen LogP contribution is 2.60. The molecule has 5 nitrogen and oxygen atoms in total. The van der Waals surface area contributed by atoms with E-state index in [4.69, 9.17) is 4.74 Å². The summed E-state index contributed by atoms with van der Waals surface area (Å²) in [5.41, 5.74) is 1.49. The van der Waals surface area contributed by atoms with Crippen LogP contribution in [-0.4, -0.2) is 36.7 Å². The van der Waals surface area contributed by atoms with Crippen LogP contribution in [0.3, 0.4) is 0 Å². The molecule has 1 saturated heterocycles. The van der Waals surface area contributed by atoms with Crippen molar-refractivity contribution in [1.29, 1.82) is 0 Å². The Balaban J connectivity index is 0.00000182. The zero-order valence-corrected chi connectivity index (χ0v) is 18.4. The first-order valence-corrected chi connectivity index (χ1v) is 9.97. The molecule has 0 bridgehead atoms. The molecule has 2 heterocycles. The van der Waals surface area contributed by atoms with Gasteiger partial charge in [0.15, 0.2) is 5.96 Å². The van der Waals surface area contributed by atoms with Crippen LogP contribution in [0, 0.1) is 25.2 Å². The van der Waals surface area contributed by atoms with Gasteiger partial charge in [-0.1, -0.05) is 12.8 Å². The average Bonchev–Trinajstić information content (AvgIpc) is 3.28. The maximum absolute atomic E-state index is 6.07. The van der Waals surface area contributed by atoms with Gasteiger partial charge in [-0.15, -0.1) is 35.3 Å². The van der Waals surface area contributed by atoms with E-state index in [9.17, 15) is 0 Å². The number of hydrogen-bond acceptors (Lipinski definition) is 4. The molecule has 3 aliphatic rings. The van der Waals surface area contributed by atoms with Crippen molar-refractivity contribution in [3.63, 3.8) is 0 Å². The molecule has 0 amide bonds. The standard InChI is InChI=1S/C18H28N4OS.HI/c1-11-12(2)24-14(21-11)10-20-17(19-3)22-15-13-6-9-23-16(13)18(15)7-4-5-8-18;/h13,15-16H,4-10H2,1-3H3,(H2,19,20,22);1H. The summed E-state index contributed by atoms with van der Waals surface area (Å²) >= 11 is 1.76. The van der Waals surface area contributed by atoms with Crippen molar-refractivity contribution < 1.29 is 4.74 Å². The summed E-state index contributed by atoms with van der Waals surface area (Å²) in [6.07, 6.45) is 6.95. The molecule has 25 heavy (non-hydrogen) atoms. The normalized spacial score (nSPS) is 29.9. The van der Waals surface area contributed by atoms with Gasteiger partial charge in [0.1, 0.15) is 5.01 Å². The number of thiazole rings is 1. The zero-order valence-electron chi connectivity index (χ0n) is 15.3. The molecule has 1 aromatic heterocycles. The minimum atomic E-state index is 0. The molecule has 4 rings (SSSR count). The molecule has 3 fully saturated rings. The molecule has 2 N–H and O–H groups in total. The molecule has 1 spiro atoms. The highest BCUT2D eigenvalue weighted by molar-refractivity contribution is 14.0. The van der Waals surface area contributed by atoms with Gasteiger partial charge in [0.2, 0.25) is 0 Å². The Kier molecular flexibility index (Phi) is 5.95. The van der Waals surface area contributed by atoms with Crippen LogP contribution in [0.2, 0.25) is 0 Å². The lowest BCUT2D eigenvalue weighted by molar-refractivity contribution is -0.125. The molecule has 7 heteroatoms. The van der Waals surface area contributed by atoms with E-state index in [0.29, 0.717) is 23.5 Å². The van der Waals surface area contributed by atoms with Gasteiger partial charge in [-0.25, -0.2) is 4.98 Å².